The number of benzene rings is 1. The Morgan fingerprint density at radius 2 is 1.90 bits per heavy atom. The van der Waals surface area contributed by atoms with Crippen LogP contribution in [-0.2, 0) is 19.7 Å². The highest BCUT2D eigenvalue weighted by atomic mass is 32.2. The lowest BCUT2D eigenvalue weighted by molar-refractivity contribution is -0.119. The van der Waals surface area contributed by atoms with Crippen LogP contribution in [0, 0.1) is 5.92 Å². The summed E-state index contributed by atoms with van der Waals surface area (Å²) in [5.74, 6) is -0.171. The van der Waals surface area contributed by atoms with Crippen LogP contribution in [0.25, 0.3) is 0 Å². The van der Waals surface area contributed by atoms with Gasteiger partial charge in [-0.05, 0) is 30.7 Å². The summed E-state index contributed by atoms with van der Waals surface area (Å²) in [6, 6.07) is 5.96. The van der Waals surface area contributed by atoms with Crippen LogP contribution in [0.2, 0.25) is 0 Å². The van der Waals surface area contributed by atoms with E-state index < -0.39 is 10.0 Å². The number of hydrogen-bond donors (Lipinski definition) is 1. The van der Waals surface area contributed by atoms with Gasteiger partial charge in [-0.15, -0.1) is 0 Å². The molecule has 0 fully saturated rings. The highest BCUT2D eigenvalue weighted by Crippen LogP contribution is 2.18. The second-order valence-electron chi connectivity index (χ2n) is 4.42. The summed E-state index contributed by atoms with van der Waals surface area (Å²) in [5.41, 5.74) is 0.564. The summed E-state index contributed by atoms with van der Waals surface area (Å²) in [5, 5.41) is 2.74. The lowest BCUT2D eigenvalue weighted by Gasteiger charge is -2.14. The van der Waals surface area contributed by atoms with Gasteiger partial charge in [0.1, 0.15) is 0 Å². The zero-order valence-corrected chi connectivity index (χ0v) is 12.9. The van der Waals surface area contributed by atoms with Crippen molar-refractivity contribution in [1.29, 1.82) is 0 Å². The molecular formula is C13H20N2O4S. The van der Waals surface area contributed by atoms with E-state index in [1.54, 1.807) is 12.1 Å². The Kier molecular flexibility index (Phi) is 5.67. The van der Waals surface area contributed by atoms with Crippen molar-refractivity contribution < 1.29 is 18.0 Å². The van der Waals surface area contributed by atoms with Crippen molar-refractivity contribution in [2.24, 2.45) is 5.92 Å². The van der Waals surface area contributed by atoms with Gasteiger partial charge < -0.3 is 5.32 Å². The largest absolute Gasteiger partial charge is 0.326 e. The monoisotopic (exact) mass is 300 g/mol. The molecule has 0 saturated carbocycles. The van der Waals surface area contributed by atoms with E-state index in [0.29, 0.717) is 5.69 Å². The minimum Gasteiger partial charge on any atom is -0.326 e. The van der Waals surface area contributed by atoms with Crippen molar-refractivity contribution in [3.63, 3.8) is 0 Å². The molecule has 112 valence electrons. The maximum Gasteiger partial charge on any atom is 0.264 e. The Balaban J connectivity index is 2.87. The first-order valence-corrected chi connectivity index (χ1v) is 7.71. The van der Waals surface area contributed by atoms with Gasteiger partial charge in [0.05, 0.1) is 12.0 Å². The molecule has 1 amide bonds. The molecule has 1 unspecified atom stereocenters. The van der Waals surface area contributed by atoms with E-state index in [1.807, 2.05) is 13.8 Å². The summed E-state index contributed by atoms with van der Waals surface area (Å²) >= 11 is 0. The lowest BCUT2D eigenvalue weighted by Crippen LogP contribution is -2.25. The van der Waals surface area contributed by atoms with Gasteiger partial charge in [-0.1, -0.05) is 18.3 Å². The summed E-state index contributed by atoms with van der Waals surface area (Å²) in [6.07, 6.45) is 0.747. The van der Waals surface area contributed by atoms with Crippen molar-refractivity contribution >= 4 is 21.6 Å². The van der Waals surface area contributed by atoms with Crippen LogP contribution in [0.3, 0.4) is 0 Å². The normalized spacial score (nSPS) is 13.2. The molecule has 0 aliphatic carbocycles. The molecule has 20 heavy (non-hydrogen) atoms. The summed E-state index contributed by atoms with van der Waals surface area (Å²) in [7, 11) is -1.07. The van der Waals surface area contributed by atoms with Crippen LogP contribution in [-0.4, -0.2) is 33.0 Å². The van der Waals surface area contributed by atoms with Gasteiger partial charge >= 0.3 is 0 Å². The Bertz CT molecular complexity index is 554. The standard InChI is InChI=1S/C13H20N2O4S/c1-5-10(2)13(16)14-11-6-8-12(9-7-11)20(17,18)15(3)19-4/h6-10H,5H2,1-4H3,(H,14,16). The highest BCUT2D eigenvalue weighted by Gasteiger charge is 2.20. The molecule has 0 saturated heterocycles. The second kappa shape index (κ2) is 6.83. The minimum absolute atomic E-state index is 0.0852. The zero-order valence-electron chi connectivity index (χ0n) is 12.1. The van der Waals surface area contributed by atoms with Gasteiger partial charge in [-0.25, -0.2) is 8.42 Å². The Morgan fingerprint density at radius 3 is 2.35 bits per heavy atom. The number of carbonyl (C=O) groups is 1. The van der Waals surface area contributed by atoms with Gasteiger partial charge in [-0.3, -0.25) is 9.63 Å². The Hall–Kier alpha value is -1.44. The van der Waals surface area contributed by atoms with Crippen molar-refractivity contribution in [3.8, 4) is 0 Å². The lowest BCUT2D eigenvalue weighted by atomic mass is 10.1. The van der Waals surface area contributed by atoms with Gasteiger partial charge in [0.2, 0.25) is 5.91 Å². The molecule has 0 aliphatic heterocycles. The smallest absolute Gasteiger partial charge is 0.264 e. The number of sulfonamides is 1. The number of anilines is 1. The molecule has 6 nitrogen and oxygen atoms in total. The maximum atomic E-state index is 12.0. The number of amides is 1. The molecule has 1 rings (SSSR count). The molecule has 1 aromatic rings. The van der Waals surface area contributed by atoms with E-state index >= 15 is 0 Å². The minimum atomic E-state index is -3.66. The van der Waals surface area contributed by atoms with Crippen LogP contribution < -0.4 is 5.32 Å². The number of hydroxylamine groups is 1. The fraction of sp³-hybridized carbons (Fsp3) is 0.462. The van der Waals surface area contributed by atoms with E-state index in [2.05, 4.69) is 10.2 Å². The van der Waals surface area contributed by atoms with Gasteiger partial charge in [0, 0.05) is 18.7 Å². The fourth-order valence-electron chi connectivity index (χ4n) is 1.41. The topological polar surface area (TPSA) is 75.7 Å². The number of nitrogens with one attached hydrogen (secondary N) is 1. The van der Waals surface area contributed by atoms with Crippen molar-refractivity contribution in [2.75, 3.05) is 19.5 Å². The Labute approximate surface area is 119 Å². The number of hydrogen-bond acceptors (Lipinski definition) is 4. The van der Waals surface area contributed by atoms with Crippen LogP contribution in [0.4, 0.5) is 5.69 Å². The first-order chi connectivity index (χ1) is 9.32. The molecule has 0 spiro atoms. The SMILES string of the molecule is CCC(C)C(=O)Nc1ccc(S(=O)(=O)N(C)OC)cc1. The van der Waals surface area contributed by atoms with Crippen LogP contribution in [0.15, 0.2) is 29.2 Å². The third kappa shape index (κ3) is 3.78. The molecule has 7 heteroatoms. The molecule has 0 heterocycles. The van der Waals surface area contributed by atoms with Crippen LogP contribution >= 0.6 is 0 Å². The van der Waals surface area contributed by atoms with E-state index in [-0.39, 0.29) is 16.7 Å². The van der Waals surface area contributed by atoms with Crippen molar-refractivity contribution in [2.45, 2.75) is 25.2 Å². The van der Waals surface area contributed by atoms with Gasteiger partial charge in [0.25, 0.3) is 10.0 Å². The first-order valence-electron chi connectivity index (χ1n) is 6.26. The number of rotatable bonds is 6. The molecule has 1 N–H and O–H groups in total. The van der Waals surface area contributed by atoms with E-state index in [0.717, 1.165) is 10.9 Å². The number of nitrogens with zero attached hydrogens (tertiary/aromatic N) is 1. The second-order valence-corrected chi connectivity index (χ2v) is 6.36. The molecule has 0 aromatic heterocycles. The first kappa shape index (κ1) is 16.6. The average molecular weight is 300 g/mol. The maximum absolute atomic E-state index is 12.0. The zero-order chi connectivity index (χ0) is 15.3. The number of carbonyl (C=O) groups excluding carboxylic acids is 1. The molecule has 1 atom stereocenters. The summed E-state index contributed by atoms with van der Waals surface area (Å²) in [6.45, 7) is 3.77. The van der Waals surface area contributed by atoms with Crippen molar-refractivity contribution in [1.82, 2.24) is 4.47 Å². The average Bonchev–Trinajstić information content (AvgIpc) is 2.45. The van der Waals surface area contributed by atoms with Gasteiger partial charge in [-0.2, -0.15) is 0 Å². The predicted octanol–water partition coefficient (Wildman–Crippen LogP) is 1.85. The molecule has 0 bridgehead atoms. The fourth-order valence-corrected chi connectivity index (χ4v) is 2.38. The quantitative estimate of drug-likeness (QED) is 0.814. The predicted molar refractivity (Wildman–Crippen MR) is 76.5 cm³/mol. The van der Waals surface area contributed by atoms with E-state index in [9.17, 15) is 13.2 Å². The third-order valence-corrected chi connectivity index (χ3v) is 4.77. The van der Waals surface area contributed by atoms with E-state index in [4.69, 9.17) is 0 Å². The Morgan fingerprint density at radius 1 is 1.35 bits per heavy atom. The molecule has 0 radical (unpaired) electrons. The summed E-state index contributed by atoms with van der Waals surface area (Å²) in [4.78, 5) is 16.5. The van der Waals surface area contributed by atoms with Crippen LogP contribution in [0.5, 0.6) is 0 Å². The molecule has 1 aromatic carbocycles. The van der Waals surface area contributed by atoms with E-state index in [1.165, 1.54) is 26.3 Å². The van der Waals surface area contributed by atoms with Crippen molar-refractivity contribution in [3.05, 3.63) is 24.3 Å². The molecular weight excluding hydrogens is 280 g/mol. The van der Waals surface area contributed by atoms with Crippen LogP contribution in [0.1, 0.15) is 20.3 Å². The highest BCUT2D eigenvalue weighted by molar-refractivity contribution is 7.89. The third-order valence-electron chi connectivity index (χ3n) is 3.08. The van der Waals surface area contributed by atoms with Gasteiger partial charge in [0.15, 0.2) is 0 Å². The molecule has 0 aliphatic rings. The summed E-state index contributed by atoms with van der Waals surface area (Å²) < 4.78 is 24.7.